The van der Waals surface area contributed by atoms with Crippen LogP contribution in [0.3, 0.4) is 0 Å². The standard InChI is InChI=1S/C15H14ClNO2S/c16-12-6-8-13(9-7-12)20-10-15(17,14(18)19)11-4-2-1-3-5-11/h1-9H,10,17H2,(H,18,19). The van der Waals surface area contributed by atoms with Crippen molar-refractivity contribution < 1.29 is 9.90 Å². The number of carbonyl (C=O) groups is 1. The third-order valence-corrected chi connectivity index (χ3v) is 4.41. The summed E-state index contributed by atoms with van der Waals surface area (Å²) in [5.41, 5.74) is 5.27. The zero-order chi connectivity index (χ0) is 14.6. The van der Waals surface area contributed by atoms with Crippen LogP contribution in [0.4, 0.5) is 0 Å². The number of halogens is 1. The van der Waals surface area contributed by atoms with Crippen molar-refractivity contribution in [1.29, 1.82) is 0 Å². The van der Waals surface area contributed by atoms with E-state index >= 15 is 0 Å². The molecule has 3 nitrogen and oxygen atoms in total. The van der Waals surface area contributed by atoms with Gasteiger partial charge in [0.15, 0.2) is 0 Å². The number of carboxylic acid groups (broad SMARTS) is 1. The van der Waals surface area contributed by atoms with Gasteiger partial charge in [0.25, 0.3) is 0 Å². The quantitative estimate of drug-likeness (QED) is 0.831. The molecule has 2 rings (SSSR count). The van der Waals surface area contributed by atoms with Crippen LogP contribution in [0, 0.1) is 0 Å². The molecule has 0 aliphatic heterocycles. The third kappa shape index (κ3) is 3.33. The Balaban J connectivity index is 2.18. The van der Waals surface area contributed by atoms with Gasteiger partial charge in [0.1, 0.15) is 5.54 Å². The number of hydrogen-bond acceptors (Lipinski definition) is 3. The Morgan fingerprint density at radius 1 is 1.15 bits per heavy atom. The van der Waals surface area contributed by atoms with Crippen LogP contribution in [0.5, 0.6) is 0 Å². The van der Waals surface area contributed by atoms with E-state index < -0.39 is 11.5 Å². The fourth-order valence-corrected chi connectivity index (χ4v) is 2.87. The third-order valence-electron chi connectivity index (χ3n) is 2.95. The molecule has 3 N–H and O–H groups in total. The lowest BCUT2D eigenvalue weighted by molar-refractivity contribution is -0.142. The molecular formula is C15H14ClNO2S. The minimum Gasteiger partial charge on any atom is -0.480 e. The highest BCUT2D eigenvalue weighted by Crippen LogP contribution is 2.29. The summed E-state index contributed by atoms with van der Waals surface area (Å²) in [4.78, 5) is 12.5. The Morgan fingerprint density at radius 2 is 1.75 bits per heavy atom. The molecule has 0 aliphatic rings. The maximum absolute atomic E-state index is 11.5. The molecule has 0 aromatic heterocycles. The first-order valence-corrected chi connectivity index (χ1v) is 7.35. The van der Waals surface area contributed by atoms with Crippen molar-refractivity contribution in [3.8, 4) is 0 Å². The van der Waals surface area contributed by atoms with E-state index in [0.29, 0.717) is 10.6 Å². The molecule has 20 heavy (non-hydrogen) atoms. The van der Waals surface area contributed by atoms with E-state index in [9.17, 15) is 9.90 Å². The predicted octanol–water partition coefficient (Wildman–Crippen LogP) is 3.37. The van der Waals surface area contributed by atoms with Gasteiger partial charge in [-0.3, -0.25) is 0 Å². The lowest BCUT2D eigenvalue weighted by Gasteiger charge is -2.24. The van der Waals surface area contributed by atoms with Crippen molar-refractivity contribution in [1.82, 2.24) is 0 Å². The van der Waals surface area contributed by atoms with Crippen molar-refractivity contribution in [2.45, 2.75) is 10.4 Å². The van der Waals surface area contributed by atoms with Gasteiger partial charge in [0.2, 0.25) is 0 Å². The molecule has 1 atom stereocenters. The van der Waals surface area contributed by atoms with Gasteiger partial charge in [-0.05, 0) is 29.8 Å². The summed E-state index contributed by atoms with van der Waals surface area (Å²) >= 11 is 7.21. The molecule has 5 heteroatoms. The highest BCUT2D eigenvalue weighted by Gasteiger charge is 2.36. The SMILES string of the molecule is NC(CSc1ccc(Cl)cc1)(C(=O)O)c1ccccc1. The van der Waals surface area contributed by atoms with Crippen LogP contribution in [-0.2, 0) is 10.3 Å². The Hall–Kier alpha value is -1.49. The number of hydrogen-bond donors (Lipinski definition) is 2. The molecule has 0 saturated heterocycles. The second-order valence-corrected chi connectivity index (χ2v) is 5.87. The zero-order valence-corrected chi connectivity index (χ0v) is 12.2. The van der Waals surface area contributed by atoms with E-state index in [2.05, 4.69) is 0 Å². The average molecular weight is 308 g/mol. The minimum atomic E-state index is -1.41. The molecule has 2 aromatic rings. The molecule has 0 radical (unpaired) electrons. The summed E-state index contributed by atoms with van der Waals surface area (Å²) in [5.74, 6) is -0.793. The second kappa shape index (κ2) is 6.31. The minimum absolute atomic E-state index is 0.244. The molecule has 0 amide bonds. The van der Waals surface area contributed by atoms with Crippen molar-refractivity contribution in [3.63, 3.8) is 0 Å². The van der Waals surface area contributed by atoms with E-state index in [-0.39, 0.29) is 5.75 Å². The molecular weight excluding hydrogens is 294 g/mol. The molecule has 0 fully saturated rings. The van der Waals surface area contributed by atoms with E-state index in [1.165, 1.54) is 11.8 Å². The molecule has 0 spiro atoms. The van der Waals surface area contributed by atoms with Gasteiger partial charge in [-0.25, -0.2) is 4.79 Å². The Morgan fingerprint density at radius 3 is 2.30 bits per heavy atom. The fourth-order valence-electron chi connectivity index (χ4n) is 1.73. The van der Waals surface area contributed by atoms with Crippen molar-refractivity contribution in [2.24, 2.45) is 5.73 Å². The van der Waals surface area contributed by atoms with Crippen molar-refractivity contribution >= 4 is 29.3 Å². The summed E-state index contributed by atoms with van der Waals surface area (Å²) in [6, 6.07) is 16.1. The van der Waals surface area contributed by atoms with Gasteiger partial charge >= 0.3 is 5.97 Å². The van der Waals surface area contributed by atoms with Crippen molar-refractivity contribution in [2.75, 3.05) is 5.75 Å². The Bertz CT molecular complexity index is 589. The number of carboxylic acids is 1. The average Bonchev–Trinajstić information content (AvgIpc) is 2.47. The van der Waals surface area contributed by atoms with E-state index in [4.69, 9.17) is 17.3 Å². The molecule has 0 bridgehead atoms. The van der Waals surface area contributed by atoms with E-state index in [0.717, 1.165) is 4.90 Å². The van der Waals surface area contributed by atoms with E-state index in [1.54, 1.807) is 36.4 Å². The maximum Gasteiger partial charge on any atom is 0.329 e. The molecule has 1 unspecified atom stereocenters. The smallest absolute Gasteiger partial charge is 0.329 e. The molecule has 0 heterocycles. The Labute approximate surface area is 126 Å². The van der Waals surface area contributed by atoms with Crippen LogP contribution in [0.1, 0.15) is 5.56 Å². The van der Waals surface area contributed by atoms with Gasteiger partial charge < -0.3 is 10.8 Å². The highest BCUT2D eigenvalue weighted by atomic mass is 35.5. The van der Waals surface area contributed by atoms with Gasteiger partial charge in [-0.2, -0.15) is 0 Å². The van der Waals surface area contributed by atoms with Gasteiger partial charge in [0, 0.05) is 15.7 Å². The molecule has 0 saturated carbocycles. The topological polar surface area (TPSA) is 63.3 Å². The fraction of sp³-hybridized carbons (Fsp3) is 0.133. The van der Waals surface area contributed by atoms with Crippen LogP contribution in [0.25, 0.3) is 0 Å². The summed E-state index contributed by atoms with van der Waals surface area (Å²) in [7, 11) is 0. The predicted molar refractivity (Wildman–Crippen MR) is 82.1 cm³/mol. The van der Waals surface area contributed by atoms with Gasteiger partial charge in [-0.1, -0.05) is 41.9 Å². The number of aliphatic carboxylic acids is 1. The lowest BCUT2D eigenvalue weighted by atomic mass is 9.93. The van der Waals surface area contributed by atoms with Crippen molar-refractivity contribution in [3.05, 3.63) is 65.2 Å². The molecule has 104 valence electrons. The summed E-state index contributed by atoms with van der Waals surface area (Å²) in [6.07, 6.45) is 0. The molecule has 0 aliphatic carbocycles. The number of rotatable bonds is 5. The van der Waals surface area contributed by atoms with Crippen LogP contribution in [-0.4, -0.2) is 16.8 Å². The van der Waals surface area contributed by atoms with E-state index in [1.807, 2.05) is 18.2 Å². The number of nitrogens with two attached hydrogens (primary N) is 1. The first-order valence-electron chi connectivity index (χ1n) is 5.98. The molecule has 2 aromatic carbocycles. The van der Waals surface area contributed by atoms with Crippen LogP contribution in [0.2, 0.25) is 5.02 Å². The normalized spacial score (nSPS) is 13.7. The van der Waals surface area contributed by atoms with Crippen LogP contribution in [0.15, 0.2) is 59.5 Å². The van der Waals surface area contributed by atoms with Gasteiger partial charge in [-0.15, -0.1) is 11.8 Å². The first kappa shape index (κ1) is 14.9. The zero-order valence-electron chi connectivity index (χ0n) is 10.6. The maximum atomic E-state index is 11.5. The summed E-state index contributed by atoms with van der Waals surface area (Å²) < 4.78 is 0. The largest absolute Gasteiger partial charge is 0.480 e. The van der Waals surface area contributed by atoms with Crippen LogP contribution >= 0.6 is 23.4 Å². The number of benzene rings is 2. The number of thioether (sulfide) groups is 1. The highest BCUT2D eigenvalue weighted by molar-refractivity contribution is 7.99. The summed E-state index contributed by atoms with van der Waals surface area (Å²) in [5, 5.41) is 10.1. The Kier molecular flexibility index (Phi) is 4.70. The monoisotopic (exact) mass is 307 g/mol. The lowest BCUT2D eigenvalue weighted by Crippen LogP contribution is -2.47. The summed E-state index contributed by atoms with van der Waals surface area (Å²) in [6.45, 7) is 0. The second-order valence-electron chi connectivity index (χ2n) is 4.39. The van der Waals surface area contributed by atoms with Crippen LogP contribution < -0.4 is 5.73 Å². The van der Waals surface area contributed by atoms with Gasteiger partial charge in [0.05, 0.1) is 0 Å². The first-order chi connectivity index (χ1) is 9.52.